The van der Waals surface area contributed by atoms with Crippen molar-refractivity contribution in [2.24, 2.45) is 5.92 Å². The van der Waals surface area contributed by atoms with Crippen molar-refractivity contribution in [3.8, 4) is 0 Å². The zero-order chi connectivity index (χ0) is 23.8. The minimum atomic E-state index is -1.34. The zero-order valence-electron chi connectivity index (χ0n) is 18.8. The van der Waals surface area contributed by atoms with Gasteiger partial charge in [-0.05, 0) is 39.7 Å². The molecular formula is C23H28O9. The van der Waals surface area contributed by atoms with Crippen LogP contribution in [0.2, 0.25) is 0 Å². The molecular weight excluding hydrogens is 420 g/mol. The Bertz CT molecular complexity index is 914. The summed E-state index contributed by atoms with van der Waals surface area (Å²) in [7, 11) is 1.20. The van der Waals surface area contributed by atoms with Crippen molar-refractivity contribution < 1.29 is 42.9 Å². The lowest BCUT2D eigenvalue weighted by Gasteiger charge is -2.33. The number of fused-ring (bicyclic) bond motifs is 1. The Morgan fingerprint density at radius 2 is 1.91 bits per heavy atom. The molecule has 0 aromatic rings. The fraction of sp³-hybridized carbons (Fsp3) is 0.565. The van der Waals surface area contributed by atoms with E-state index < -0.39 is 53.7 Å². The first-order valence-corrected chi connectivity index (χ1v) is 10.4. The van der Waals surface area contributed by atoms with E-state index in [9.17, 15) is 19.2 Å². The normalized spacial score (nSPS) is 37.6. The fourth-order valence-electron chi connectivity index (χ4n) is 3.98. The van der Waals surface area contributed by atoms with E-state index in [2.05, 4.69) is 6.58 Å². The van der Waals surface area contributed by atoms with Crippen molar-refractivity contribution in [2.45, 2.75) is 70.6 Å². The lowest BCUT2D eigenvalue weighted by atomic mass is 9.83. The molecule has 6 atom stereocenters. The number of carbonyl (C=O) groups excluding carboxylic acids is 4. The molecule has 174 valence electrons. The summed E-state index contributed by atoms with van der Waals surface area (Å²) in [5.74, 6) is -3.70. The maximum atomic E-state index is 13.0. The van der Waals surface area contributed by atoms with Crippen LogP contribution in [0.1, 0.15) is 40.5 Å². The second-order valence-electron chi connectivity index (χ2n) is 8.39. The van der Waals surface area contributed by atoms with Crippen molar-refractivity contribution in [3.05, 3.63) is 35.5 Å². The summed E-state index contributed by atoms with van der Waals surface area (Å²) in [6, 6.07) is 0. The molecule has 0 spiro atoms. The topological polar surface area (TPSA) is 118 Å². The predicted molar refractivity (Wildman–Crippen MR) is 110 cm³/mol. The molecule has 0 amide bonds. The summed E-state index contributed by atoms with van der Waals surface area (Å²) in [4.78, 5) is 50.0. The van der Waals surface area contributed by atoms with Crippen molar-refractivity contribution in [2.75, 3.05) is 7.11 Å². The number of hydrogen-bond donors (Lipinski definition) is 0. The van der Waals surface area contributed by atoms with Gasteiger partial charge >= 0.3 is 23.9 Å². The summed E-state index contributed by atoms with van der Waals surface area (Å²) in [6.07, 6.45) is 0.540. The van der Waals surface area contributed by atoms with Crippen LogP contribution in [-0.2, 0) is 42.9 Å². The zero-order valence-corrected chi connectivity index (χ0v) is 18.8. The van der Waals surface area contributed by atoms with Crippen LogP contribution in [0.25, 0.3) is 0 Å². The Morgan fingerprint density at radius 1 is 1.25 bits per heavy atom. The van der Waals surface area contributed by atoms with Crippen molar-refractivity contribution in [1.82, 2.24) is 0 Å². The van der Waals surface area contributed by atoms with E-state index in [-0.39, 0.29) is 17.3 Å². The Hall–Kier alpha value is -2.94. The van der Waals surface area contributed by atoms with Gasteiger partial charge in [0.15, 0.2) is 17.8 Å². The van der Waals surface area contributed by atoms with Crippen LogP contribution >= 0.6 is 0 Å². The maximum Gasteiger partial charge on any atom is 0.341 e. The number of carbonyl (C=O) groups is 4. The van der Waals surface area contributed by atoms with E-state index in [1.807, 2.05) is 6.92 Å². The molecule has 2 aliphatic heterocycles. The van der Waals surface area contributed by atoms with Gasteiger partial charge in [0.2, 0.25) is 0 Å². The fourth-order valence-corrected chi connectivity index (χ4v) is 3.98. The first kappa shape index (κ1) is 23.7. The van der Waals surface area contributed by atoms with E-state index in [1.165, 1.54) is 14.0 Å². The van der Waals surface area contributed by atoms with Crippen LogP contribution in [0.5, 0.6) is 0 Å². The number of rotatable bonds is 4. The molecule has 0 aromatic heterocycles. The number of hydrogen-bond acceptors (Lipinski definition) is 9. The van der Waals surface area contributed by atoms with Crippen LogP contribution in [0.15, 0.2) is 35.5 Å². The molecule has 9 heteroatoms. The molecule has 0 bridgehead atoms. The summed E-state index contributed by atoms with van der Waals surface area (Å²) in [5.41, 5.74) is -0.216. The molecule has 2 heterocycles. The number of ether oxygens (including phenoxy) is 5. The summed E-state index contributed by atoms with van der Waals surface area (Å²) in [5, 5.41) is 0. The van der Waals surface area contributed by atoms with E-state index in [0.29, 0.717) is 12.8 Å². The molecule has 2 saturated heterocycles. The van der Waals surface area contributed by atoms with E-state index in [0.717, 1.165) is 5.57 Å². The van der Waals surface area contributed by atoms with E-state index in [1.54, 1.807) is 26.0 Å². The predicted octanol–water partition coefficient (Wildman–Crippen LogP) is 1.94. The highest BCUT2D eigenvalue weighted by atomic mass is 16.7. The third kappa shape index (κ3) is 4.48. The molecule has 3 rings (SSSR count). The minimum absolute atomic E-state index is 0.0102. The molecule has 2 fully saturated rings. The molecule has 0 aromatic carbocycles. The number of epoxide rings is 1. The first-order valence-electron chi connectivity index (χ1n) is 10.4. The summed E-state index contributed by atoms with van der Waals surface area (Å²) < 4.78 is 27.1. The monoisotopic (exact) mass is 448 g/mol. The second kappa shape index (κ2) is 8.90. The van der Waals surface area contributed by atoms with Gasteiger partial charge in [-0.2, -0.15) is 0 Å². The van der Waals surface area contributed by atoms with Crippen LogP contribution < -0.4 is 0 Å². The number of methoxy groups -OCH3 is 1. The molecule has 1 aliphatic carbocycles. The quantitative estimate of drug-likeness (QED) is 0.209. The van der Waals surface area contributed by atoms with E-state index in [4.69, 9.17) is 23.7 Å². The molecule has 3 aliphatic rings. The van der Waals surface area contributed by atoms with Gasteiger partial charge in [-0.1, -0.05) is 18.2 Å². The maximum absolute atomic E-state index is 13.0. The highest BCUT2D eigenvalue weighted by molar-refractivity contribution is 5.93. The first-order chi connectivity index (χ1) is 15.0. The van der Waals surface area contributed by atoms with Gasteiger partial charge in [0.05, 0.1) is 24.7 Å². The van der Waals surface area contributed by atoms with Gasteiger partial charge in [0, 0.05) is 12.5 Å². The van der Waals surface area contributed by atoms with Crippen molar-refractivity contribution >= 4 is 23.9 Å². The standard InChI is InChI=1S/C23H28O9/c1-11-8-7-9-15(21(26)28-6)18(29-14(4)24)19(31-22(27)23(5)13(3)32-23)17-12(2)20(25)30-16(17)10-11/h9-10,13,16-19H,2,7-8H2,1,3-6H3/b11-10-,15-9+/t13-,16-,17+,18+,19-,23-/m1/s1. The Morgan fingerprint density at radius 3 is 2.47 bits per heavy atom. The van der Waals surface area contributed by atoms with Crippen molar-refractivity contribution in [3.63, 3.8) is 0 Å². The van der Waals surface area contributed by atoms with Gasteiger partial charge in [-0.3, -0.25) is 4.79 Å². The average molecular weight is 448 g/mol. The third-order valence-corrected chi connectivity index (χ3v) is 6.07. The number of allylic oxidation sites excluding steroid dienone is 2. The molecule has 9 nitrogen and oxygen atoms in total. The molecule has 0 N–H and O–H groups in total. The van der Waals surface area contributed by atoms with Gasteiger partial charge in [0.1, 0.15) is 6.10 Å². The smallest absolute Gasteiger partial charge is 0.341 e. The highest BCUT2D eigenvalue weighted by Crippen LogP contribution is 2.41. The van der Waals surface area contributed by atoms with E-state index >= 15 is 0 Å². The van der Waals surface area contributed by atoms with Crippen LogP contribution in [-0.4, -0.2) is 61.0 Å². The molecule has 0 unspecified atom stereocenters. The average Bonchev–Trinajstić information content (AvgIpc) is 3.25. The second-order valence-corrected chi connectivity index (χ2v) is 8.39. The Kier molecular flexibility index (Phi) is 6.59. The lowest BCUT2D eigenvalue weighted by Crippen LogP contribution is -2.47. The SMILES string of the molecule is C=C1C(=O)O[C@@H]2/C=C(/C)CC/C=C(/C(=O)OC)[C@H](OC(C)=O)[C@H](OC(=O)[C@]3(C)O[C@@H]3C)[C@@H]12. The Balaban J connectivity index is 2.14. The van der Waals surface area contributed by atoms with Gasteiger partial charge in [0.25, 0.3) is 0 Å². The lowest BCUT2D eigenvalue weighted by molar-refractivity contribution is -0.173. The molecule has 0 radical (unpaired) electrons. The largest absolute Gasteiger partial charge is 0.466 e. The molecule has 0 saturated carbocycles. The highest BCUT2D eigenvalue weighted by Gasteiger charge is 2.59. The summed E-state index contributed by atoms with van der Waals surface area (Å²) >= 11 is 0. The Labute approximate surface area is 186 Å². The van der Waals surface area contributed by atoms with Crippen LogP contribution in [0, 0.1) is 5.92 Å². The van der Waals surface area contributed by atoms with Crippen LogP contribution in [0.3, 0.4) is 0 Å². The molecule has 32 heavy (non-hydrogen) atoms. The third-order valence-electron chi connectivity index (χ3n) is 6.07. The number of esters is 4. The van der Waals surface area contributed by atoms with Crippen LogP contribution in [0.4, 0.5) is 0 Å². The van der Waals surface area contributed by atoms with Crippen molar-refractivity contribution in [1.29, 1.82) is 0 Å². The van der Waals surface area contributed by atoms with Gasteiger partial charge in [-0.15, -0.1) is 0 Å². The summed E-state index contributed by atoms with van der Waals surface area (Å²) in [6.45, 7) is 10.2. The minimum Gasteiger partial charge on any atom is -0.466 e. The van der Waals surface area contributed by atoms with Gasteiger partial charge < -0.3 is 23.7 Å². The van der Waals surface area contributed by atoms with Gasteiger partial charge in [-0.25, -0.2) is 14.4 Å².